The van der Waals surface area contributed by atoms with E-state index in [0.29, 0.717) is 17.0 Å². The van der Waals surface area contributed by atoms with Gasteiger partial charge in [0, 0.05) is 5.69 Å². The summed E-state index contributed by atoms with van der Waals surface area (Å²) < 4.78 is 10.2. The Balaban J connectivity index is 1.90. The second kappa shape index (κ2) is 7.91. The molecule has 0 aliphatic heterocycles. The number of nitrogens with one attached hydrogen (secondary N) is 1. The van der Waals surface area contributed by atoms with Gasteiger partial charge >= 0.3 is 17.5 Å². The number of hydrogen-bond donors (Lipinski definition) is 1. The fraction of sp³-hybridized carbons (Fsp3) is 0.0556. The third-order valence-corrected chi connectivity index (χ3v) is 3.50. The maximum Gasteiger partial charge on any atom is 0.373 e. The van der Waals surface area contributed by atoms with Gasteiger partial charge in [0.1, 0.15) is 12.1 Å². The molecule has 3 aromatic rings. The number of hydrogen-bond acceptors (Lipinski definition) is 8. The summed E-state index contributed by atoms with van der Waals surface area (Å²) in [5.74, 6) is -0.289. The lowest BCUT2D eigenvalue weighted by atomic mass is 10.2. The number of aromatic nitrogens is 2. The molecule has 0 aliphatic rings. The van der Waals surface area contributed by atoms with Crippen molar-refractivity contribution in [2.24, 2.45) is 0 Å². The molecule has 0 atom stereocenters. The Morgan fingerprint density at radius 2 is 1.78 bits per heavy atom. The zero-order chi connectivity index (χ0) is 19.2. The fourth-order valence-electron chi connectivity index (χ4n) is 2.24. The number of esters is 1. The van der Waals surface area contributed by atoms with Gasteiger partial charge in [-0.05, 0) is 36.4 Å². The summed E-state index contributed by atoms with van der Waals surface area (Å²) in [7, 11) is 1.28. The van der Waals surface area contributed by atoms with Crippen LogP contribution in [0.15, 0.2) is 60.9 Å². The van der Waals surface area contributed by atoms with E-state index in [1.807, 2.05) is 0 Å². The first-order chi connectivity index (χ1) is 13.1. The molecule has 0 aliphatic carbocycles. The molecule has 1 N–H and O–H groups in total. The van der Waals surface area contributed by atoms with Gasteiger partial charge in [-0.15, -0.1) is 0 Å². The maximum absolute atomic E-state index is 11.5. The average molecular weight is 366 g/mol. The Morgan fingerprint density at radius 1 is 1.07 bits per heavy atom. The second-order valence-corrected chi connectivity index (χ2v) is 5.24. The highest BCUT2D eigenvalue weighted by atomic mass is 16.6. The minimum Gasteiger partial charge on any atom is -0.465 e. The van der Waals surface area contributed by atoms with Gasteiger partial charge in [-0.25, -0.2) is 9.78 Å². The molecule has 136 valence electrons. The number of anilines is 2. The Bertz CT molecular complexity index is 961. The van der Waals surface area contributed by atoms with E-state index in [2.05, 4.69) is 20.0 Å². The fourth-order valence-corrected chi connectivity index (χ4v) is 2.24. The van der Waals surface area contributed by atoms with Crippen LogP contribution in [0.2, 0.25) is 0 Å². The molecule has 0 bridgehead atoms. The van der Waals surface area contributed by atoms with Crippen molar-refractivity contribution in [1.82, 2.24) is 9.97 Å². The zero-order valence-electron chi connectivity index (χ0n) is 14.2. The highest BCUT2D eigenvalue weighted by Crippen LogP contribution is 2.35. The molecule has 1 aromatic heterocycles. The number of carbonyl (C=O) groups is 1. The van der Waals surface area contributed by atoms with Gasteiger partial charge < -0.3 is 14.8 Å². The standard InChI is InChI=1S/C18H14N4O5/c1-26-18(23)12-7-9-13(10-8-12)21-16-15(22(24)25)17(20-11-19-16)27-14-5-3-2-4-6-14/h2-11H,1H3,(H,19,20,21). The topological polar surface area (TPSA) is 116 Å². The predicted molar refractivity (Wildman–Crippen MR) is 96.3 cm³/mol. The van der Waals surface area contributed by atoms with E-state index in [9.17, 15) is 14.9 Å². The summed E-state index contributed by atoms with van der Waals surface area (Å²) in [6, 6.07) is 14.8. The van der Waals surface area contributed by atoms with E-state index >= 15 is 0 Å². The molecule has 2 aromatic carbocycles. The van der Waals surface area contributed by atoms with Crippen LogP contribution < -0.4 is 10.1 Å². The van der Waals surface area contributed by atoms with Crippen LogP contribution in [0.25, 0.3) is 0 Å². The van der Waals surface area contributed by atoms with Crippen molar-refractivity contribution in [1.29, 1.82) is 0 Å². The van der Waals surface area contributed by atoms with Crippen molar-refractivity contribution < 1.29 is 19.2 Å². The largest absolute Gasteiger partial charge is 0.465 e. The number of rotatable bonds is 6. The van der Waals surface area contributed by atoms with Crippen molar-refractivity contribution in [3.8, 4) is 11.6 Å². The van der Waals surface area contributed by atoms with E-state index in [1.165, 1.54) is 19.2 Å². The Labute approximate surface area is 153 Å². The van der Waals surface area contributed by atoms with E-state index in [-0.39, 0.29) is 11.7 Å². The molecule has 0 fully saturated rings. The summed E-state index contributed by atoms with van der Waals surface area (Å²) in [4.78, 5) is 30.2. The summed E-state index contributed by atoms with van der Waals surface area (Å²) >= 11 is 0. The minimum atomic E-state index is -0.622. The van der Waals surface area contributed by atoms with Crippen molar-refractivity contribution in [3.63, 3.8) is 0 Å². The Kier molecular flexibility index (Phi) is 5.22. The number of nitrogens with zero attached hydrogens (tertiary/aromatic N) is 3. The lowest BCUT2D eigenvalue weighted by Crippen LogP contribution is -2.04. The molecule has 9 heteroatoms. The molecule has 0 spiro atoms. The number of nitro groups is 1. The van der Waals surface area contributed by atoms with Gasteiger partial charge in [-0.3, -0.25) is 10.1 Å². The number of methoxy groups -OCH3 is 1. The van der Waals surface area contributed by atoms with Gasteiger partial charge in [-0.1, -0.05) is 18.2 Å². The highest BCUT2D eigenvalue weighted by Gasteiger charge is 2.25. The molecule has 0 saturated carbocycles. The molecular formula is C18H14N4O5. The number of para-hydroxylation sites is 1. The minimum absolute atomic E-state index is 0.0354. The summed E-state index contributed by atoms with van der Waals surface area (Å²) in [6.07, 6.45) is 1.16. The zero-order valence-corrected chi connectivity index (χ0v) is 14.2. The van der Waals surface area contributed by atoms with Gasteiger partial charge in [-0.2, -0.15) is 4.98 Å². The molecule has 0 radical (unpaired) electrons. The Morgan fingerprint density at radius 3 is 2.41 bits per heavy atom. The highest BCUT2D eigenvalue weighted by molar-refractivity contribution is 5.89. The number of ether oxygens (including phenoxy) is 2. The van der Waals surface area contributed by atoms with E-state index < -0.39 is 16.6 Å². The molecule has 0 saturated heterocycles. The first-order valence-corrected chi connectivity index (χ1v) is 7.76. The van der Waals surface area contributed by atoms with E-state index in [0.717, 1.165) is 6.33 Å². The summed E-state index contributed by atoms with van der Waals surface area (Å²) in [5.41, 5.74) is 0.446. The Hall–Kier alpha value is -4.01. The van der Waals surface area contributed by atoms with Crippen LogP contribution in [0.3, 0.4) is 0 Å². The first kappa shape index (κ1) is 17.8. The third-order valence-electron chi connectivity index (χ3n) is 3.50. The van der Waals surface area contributed by atoms with Crippen molar-refractivity contribution in [2.45, 2.75) is 0 Å². The molecule has 27 heavy (non-hydrogen) atoms. The SMILES string of the molecule is COC(=O)c1ccc(Nc2ncnc(Oc3ccccc3)c2[N+](=O)[O-])cc1. The van der Waals surface area contributed by atoms with Crippen LogP contribution in [0.4, 0.5) is 17.2 Å². The maximum atomic E-state index is 11.5. The third kappa shape index (κ3) is 4.15. The molecule has 0 amide bonds. The van der Waals surface area contributed by atoms with Crippen LogP contribution in [0.5, 0.6) is 11.6 Å². The van der Waals surface area contributed by atoms with Crippen LogP contribution in [-0.4, -0.2) is 28.0 Å². The summed E-state index contributed by atoms with van der Waals surface area (Å²) in [5, 5.41) is 14.4. The molecule has 3 rings (SSSR count). The quantitative estimate of drug-likeness (QED) is 0.399. The molecular weight excluding hydrogens is 352 g/mol. The van der Waals surface area contributed by atoms with Crippen LogP contribution >= 0.6 is 0 Å². The number of carbonyl (C=O) groups excluding carboxylic acids is 1. The number of benzene rings is 2. The summed E-state index contributed by atoms with van der Waals surface area (Å²) in [6.45, 7) is 0. The monoisotopic (exact) mass is 366 g/mol. The molecule has 0 unspecified atom stereocenters. The van der Waals surface area contributed by atoms with Crippen molar-refractivity contribution in [3.05, 3.63) is 76.6 Å². The van der Waals surface area contributed by atoms with Crippen LogP contribution in [0.1, 0.15) is 10.4 Å². The molecule has 1 heterocycles. The second-order valence-electron chi connectivity index (χ2n) is 5.24. The van der Waals surface area contributed by atoms with Crippen LogP contribution in [0, 0.1) is 10.1 Å². The smallest absolute Gasteiger partial charge is 0.373 e. The van der Waals surface area contributed by atoms with E-state index in [4.69, 9.17) is 4.74 Å². The predicted octanol–water partition coefficient (Wildman–Crippen LogP) is 3.71. The van der Waals surface area contributed by atoms with Gasteiger partial charge in [0.15, 0.2) is 0 Å². The van der Waals surface area contributed by atoms with E-state index in [1.54, 1.807) is 42.5 Å². The lowest BCUT2D eigenvalue weighted by molar-refractivity contribution is -0.385. The van der Waals surface area contributed by atoms with Crippen LogP contribution in [-0.2, 0) is 4.74 Å². The first-order valence-electron chi connectivity index (χ1n) is 7.76. The normalized spacial score (nSPS) is 10.1. The average Bonchev–Trinajstić information content (AvgIpc) is 2.68. The van der Waals surface area contributed by atoms with Gasteiger partial charge in [0.05, 0.1) is 17.6 Å². The van der Waals surface area contributed by atoms with Gasteiger partial charge in [0.25, 0.3) is 0 Å². The molecule has 9 nitrogen and oxygen atoms in total. The lowest BCUT2D eigenvalue weighted by Gasteiger charge is -2.09. The van der Waals surface area contributed by atoms with Gasteiger partial charge in [0.2, 0.25) is 5.82 Å². The van der Waals surface area contributed by atoms with Crippen molar-refractivity contribution in [2.75, 3.05) is 12.4 Å². The van der Waals surface area contributed by atoms with Crippen molar-refractivity contribution >= 4 is 23.2 Å².